The molecule has 10 nitrogen and oxygen atoms in total. The first-order valence-electron chi connectivity index (χ1n) is 11.3. The Kier molecular flexibility index (Phi) is 7.65. The van der Waals surface area contributed by atoms with Crippen LogP contribution >= 0.6 is 11.6 Å². The normalized spacial score (nSPS) is 13.8. The maximum atomic E-state index is 13.3. The van der Waals surface area contributed by atoms with Gasteiger partial charge in [-0.3, -0.25) is 14.3 Å². The van der Waals surface area contributed by atoms with Crippen molar-refractivity contribution in [2.45, 2.75) is 11.8 Å². The molecule has 1 aromatic heterocycles. The molecule has 2 aromatic carbocycles. The highest BCUT2D eigenvalue weighted by Crippen LogP contribution is 2.37. The lowest BCUT2D eigenvalue weighted by Crippen LogP contribution is -2.50. The highest BCUT2D eigenvalue weighted by atomic mass is 35.5. The SMILES string of the molecule is COc1cc(OC)c(NS(=O)(=O)c2cc(C(=O)N3CCN(C(=O)c4ccco4)CC3)ccc2C)cc1Cl. The Labute approximate surface area is 219 Å². The quantitative estimate of drug-likeness (QED) is 0.479. The van der Waals surface area contributed by atoms with E-state index >= 15 is 0 Å². The van der Waals surface area contributed by atoms with E-state index in [9.17, 15) is 18.0 Å². The van der Waals surface area contributed by atoms with Crippen LogP contribution in [0.15, 0.2) is 58.0 Å². The molecule has 196 valence electrons. The van der Waals surface area contributed by atoms with Gasteiger partial charge in [-0.2, -0.15) is 0 Å². The zero-order valence-electron chi connectivity index (χ0n) is 20.5. The van der Waals surface area contributed by atoms with Crippen LogP contribution in [-0.4, -0.2) is 70.4 Å². The van der Waals surface area contributed by atoms with Crippen molar-refractivity contribution in [2.75, 3.05) is 45.1 Å². The minimum atomic E-state index is -4.11. The van der Waals surface area contributed by atoms with Crippen LogP contribution in [0, 0.1) is 6.92 Å². The summed E-state index contributed by atoms with van der Waals surface area (Å²) >= 11 is 6.18. The highest BCUT2D eigenvalue weighted by Gasteiger charge is 2.28. The number of hydrogen-bond donors (Lipinski definition) is 1. The lowest BCUT2D eigenvalue weighted by Gasteiger charge is -2.34. The number of hydrogen-bond acceptors (Lipinski definition) is 7. The standard InChI is InChI=1S/C25H26ClN3O7S/c1-16-6-7-17(24(30)28-8-10-29(11-9-28)25(31)20-5-4-12-36-20)13-23(16)37(32,33)27-19-14-18(26)21(34-2)15-22(19)35-3/h4-7,12-15,27H,8-11H2,1-3H3. The molecule has 2 heterocycles. The van der Waals surface area contributed by atoms with Crippen LogP contribution in [0.25, 0.3) is 0 Å². The summed E-state index contributed by atoms with van der Waals surface area (Å²) in [7, 11) is -1.27. The zero-order chi connectivity index (χ0) is 26.7. The Bertz CT molecular complexity index is 1420. The summed E-state index contributed by atoms with van der Waals surface area (Å²) in [6, 6.07) is 10.6. The van der Waals surface area contributed by atoms with Gasteiger partial charge in [0.15, 0.2) is 5.76 Å². The van der Waals surface area contributed by atoms with E-state index in [1.165, 1.54) is 38.7 Å². The lowest BCUT2D eigenvalue weighted by atomic mass is 10.1. The van der Waals surface area contributed by atoms with Crippen molar-refractivity contribution in [3.8, 4) is 11.5 Å². The van der Waals surface area contributed by atoms with Crippen molar-refractivity contribution in [3.05, 3.63) is 70.6 Å². The van der Waals surface area contributed by atoms with Crippen molar-refractivity contribution in [1.29, 1.82) is 0 Å². The molecule has 12 heteroatoms. The second-order valence-electron chi connectivity index (χ2n) is 8.33. The van der Waals surface area contributed by atoms with E-state index in [1.54, 1.807) is 41.0 Å². The molecule has 1 saturated heterocycles. The van der Waals surface area contributed by atoms with Crippen molar-refractivity contribution in [2.24, 2.45) is 0 Å². The number of amides is 2. The van der Waals surface area contributed by atoms with E-state index < -0.39 is 10.0 Å². The van der Waals surface area contributed by atoms with Crippen LogP contribution in [0.5, 0.6) is 11.5 Å². The summed E-state index contributed by atoms with van der Waals surface area (Å²) in [5.41, 5.74) is 0.801. The summed E-state index contributed by atoms with van der Waals surface area (Å²) < 4.78 is 44.7. The highest BCUT2D eigenvalue weighted by molar-refractivity contribution is 7.92. The minimum Gasteiger partial charge on any atom is -0.495 e. The number of aryl methyl sites for hydroxylation is 1. The first-order valence-corrected chi connectivity index (χ1v) is 13.2. The summed E-state index contributed by atoms with van der Waals surface area (Å²) in [5.74, 6) is 0.232. The summed E-state index contributed by atoms with van der Waals surface area (Å²) in [6.07, 6.45) is 1.43. The van der Waals surface area contributed by atoms with Crippen molar-refractivity contribution >= 4 is 39.1 Å². The number of anilines is 1. The molecule has 4 rings (SSSR count). The number of piperazine rings is 1. The Morgan fingerprint density at radius 1 is 0.946 bits per heavy atom. The van der Waals surface area contributed by atoms with Crippen molar-refractivity contribution in [3.63, 3.8) is 0 Å². The topological polar surface area (TPSA) is 118 Å². The van der Waals surface area contributed by atoms with Crippen LogP contribution in [0.3, 0.4) is 0 Å². The molecule has 0 bridgehead atoms. The lowest BCUT2D eigenvalue weighted by molar-refractivity contribution is 0.0518. The molecule has 1 fully saturated rings. The number of rotatable bonds is 7. The molecule has 0 unspecified atom stereocenters. The number of furan rings is 1. The number of ether oxygens (including phenoxy) is 2. The number of halogens is 1. The largest absolute Gasteiger partial charge is 0.495 e. The number of methoxy groups -OCH3 is 2. The number of nitrogens with zero attached hydrogens (tertiary/aromatic N) is 2. The Balaban J connectivity index is 1.52. The second-order valence-corrected chi connectivity index (χ2v) is 10.4. The predicted molar refractivity (Wildman–Crippen MR) is 137 cm³/mol. The molecular formula is C25H26ClN3O7S. The van der Waals surface area contributed by atoms with Gasteiger partial charge in [0.25, 0.3) is 21.8 Å². The molecule has 2 amide bonds. The third kappa shape index (κ3) is 5.52. The second kappa shape index (κ2) is 10.7. The minimum absolute atomic E-state index is 0.0565. The molecule has 3 aromatic rings. The average Bonchev–Trinajstić information content (AvgIpc) is 3.43. The molecule has 0 radical (unpaired) electrons. The van der Waals surface area contributed by atoms with Crippen molar-refractivity contribution in [1.82, 2.24) is 9.80 Å². The monoisotopic (exact) mass is 547 g/mol. The Morgan fingerprint density at radius 3 is 2.19 bits per heavy atom. The van der Waals surface area contributed by atoms with Gasteiger partial charge in [0.05, 0.1) is 36.1 Å². The summed E-state index contributed by atoms with van der Waals surface area (Å²) in [4.78, 5) is 28.8. The van der Waals surface area contributed by atoms with E-state index in [2.05, 4.69) is 4.72 Å². The number of carbonyl (C=O) groups is 2. The fourth-order valence-corrected chi connectivity index (χ4v) is 5.59. The zero-order valence-corrected chi connectivity index (χ0v) is 22.1. The maximum Gasteiger partial charge on any atom is 0.289 e. The van der Waals surface area contributed by atoms with Crippen LogP contribution in [0.1, 0.15) is 26.5 Å². The van der Waals surface area contributed by atoms with E-state index in [1.807, 2.05) is 0 Å². The summed E-state index contributed by atoms with van der Waals surface area (Å²) in [6.45, 7) is 2.92. The van der Waals surface area contributed by atoms with Gasteiger partial charge in [0.1, 0.15) is 11.5 Å². The van der Waals surface area contributed by atoms with Gasteiger partial charge in [-0.15, -0.1) is 0 Å². The molecule has 1 aliphatic rings. The van der Waals surface area contributed by atoms with Crippen molar-refractivity contribution < 1.29 is 31.9 Å². The molecule has 0 spiro atoms. The predicted octanol–water partition coefficient (Wildman–Crippen LogP) is 3.66. The number of nitrogens with one attached hydrogen (secondary N) is 1. The summed E-state index contributed by atoms with van der Waals surface area (Å²) in [5, 5.41) is 0.200. The molecule has 0 saturated carbocycles. The molecule has 37 heavy (non-hydrogen) atoms. The smallest absolute Gasteiger partial charge is 0.289 e. The fourth-order valence-electron chi connectivity index (χ4n) is 4.01. The number of benzene rings is 2. The van der Waals surface area contributed by atoms with Gasteiger partial charge in [-0.25, -0.2) is 8.42 Å². The van der Waals surface area contributed by atoms with Crippen LogP contribution in [0.4, 0.5) is 5.69 Å². The molecular weight excluding hydrogens is 522 g/mol. The first-order chi connectivity index (χ1) is 17.6. The Morgan fingerprint density at radius 2 is 1.59 bits per heavy atom. The van der Waals surface area contributed by atoms with Gasteiger partial charge in [-0.1, -0.05) is 17.7 Å². The van der Waals surface area contributed by atoms with Crippen LogP contribution in [0.2, 0.25) is 5.02 Å². The number of sulfonamides is 1. The molecule has 0 atom stereocenters. The van der Waals surface area contributed by atoms with Gasteiger partial charge in [0.2, 0.25) is 0 Å². The van der Waals surface area contributed by atoms with Gasteiger partial charge in [-0.05, 0) is 42.8 Å². The molecule has 0 aliphatic carbocycles. The fraction of sp³-hybridized carbons (Fsp3) is 0.280. The first kappa shape index (κ1) is 26.4. The maximum absolute atomic E-state index is 13.3. The molecule has 1 aliphatic heterocycles. The van der Waals surface area contributed by atoms with E-state index in [4.69, 9.17) is 25.5 Å². The van der Waals surface area contributed by atoms with Gasteiger partial charge >= 0.3 is 0 Å². The van der Waals surface area contributed by atoms with E-state index in [-0.39, 0.29) is 44.5 Å². The average molecular weight is 548 g/mol. The number of carbonyl (C=O) groups excluding carboxylic acids is 2. The van der Waals surface area contributed by atoms with Gasteiger partial charge < -0.3 is 23.7 Å². The third-order valence-corrected chi connectivity index (χ3v) is 7.83. The van der Waals surface area contributed by atoms with Crippen LogP contribution in [-0.2, 0) is 10.0 Å². The van der Waals surface area contributed by atoms with Gasteiger partial charge in [0, 0.05) is 37.8 Å². The van der Waals surface area contributed by atoms with E-state index in [0.717, 1.165) is 0 Å². The molecule has 1 N–H and O–H groups in total. The van der Waals surface area contributed by atoms with Crippen LogP contribution < -0.4 is 14.2 Å². The third-order valence-electron chi connectivity index (χ3n) is 6.03. The Hall–Kier alpha value is -3.70. The van der Waals surface area contributed by atoms with E-state index in [0.29, 0.717) is 37.5 Å².